The Kier molecular flexibility index (Phi) is 5.88. The highest BCUT2D eigenvalue weighted by atomic mass is 16.5. The zero-order valence-corrected chi connectivity index (χ0v) is 16.3. The molecule has 3 aromatic rings. The van der Waals surface area contributed by atoms with Gasteiger partial charge in [-0.05, 0) is 47.0 Å². The van der Waals surface area contributed by atoms with Crippen molar-refractivity contribution >= 4 is 11.6 Å². The molecule has 0 spiro atoms. The zero-order valence-electron chi connectivity index (χ0n) is 16.3. The van der Waals surface area contributed by atoms with Crippen molar-refractivity contribution in [2.75, 3.05) is 19.5 Å². The number of anilines is 1. The highest BCUT2D eigenvalue weighted by Gasteiger charge is 2.12. The second kappa shape index (κ2) is 8.51. The summed E-state index contributed by atoms with van der Waals surface area (Å²) in [6.45, 7) is 4.18. The number of tetrazole rings is 1. The van der Waals surface area contributed by atoms with E-state index in [1.165, 1.54) is 4.80 Å². The van der Waals surface area contributed by atoms with Crippen molar-refractivity contribution in [3.63, 3.8) is 0 Å². The SMILES string of the molecule is COc1ccc(-c2nnn(CC(=O)Nc3cccc(C(C)C)c3)n2)cc1OC. The van der Waals surface area contributed by atoms with Gasteiger partial charge in [0.25, 0.3) is 0 Å². The first kappa shape index (κ1) is 19.3. The Morgan fingerprint density at radius 1 is 1.11 bits per heavy atom. The Morgan fingerprint density at radius 2 is 1.89 bits per heavy atom. The number of benzene rings is 2. The van der Waals surface area contributed by atoms with Crippen LogP contribution in [0.1, 0.15) is 25.3 Å². The molecule has 28 heavy (non-hydrogen) atoms. The Morgan fingerprint density at radius 3 is 2.61 bits per heavy atom. The minimum atomic E-state index is -0.225. The summed E-state index contributed by atoms with van der Waals surface area (Å²) in [6.07, 6.45) is 0. The van der Waals surface area contributed by atoms with E-state index in [0.717, 1.165) is 11.3 Å². The van der Waals surface area contributed by atoms with Crippen molar-refractivity contribution in [1.82, 2.24) is 20.2 Å². The summed E-state index contributed by atoms with van der Waals surface area (Å²) in [5, 5.41) is 15.1. The molecule has 0 fully saturated rings. The van der Waals surface area contributed by atoms with Gasteiger partial charge in [0.2, 0.25) is 11.7 Å². The second-order valence-electron chi connectivity index (χ2n) is 6.54. The van der Waals surface area contributed by atoms with Gasteiger partial charge in [-0.2, -0.15) is 4.80 Å². The standard InChI is InChI=1S/C20H23N5O3/c1-13(2)14-6-5-7-16(10-14)21-19(26)12-25-23-20(22-24-25)15-8-9-17(27-3)18(11-15)28-4/h5-11,13H,12H2,1-4H3,(H,21,26). The fourth-order valence-electron chi connectivity index (χ4n) is 2.71. The monoisotopic (exact) mass is 381 g/mol. The number of hydrogen-bond donors (Lipinski definition) is 1. The minimum absolute atomic E-state index is 0.0355. The number of rotatable bonds is 7. The Balaban J connectivity index is 1.69. The van der Waals surface area contributed by atoms with Crippen molar-refractivity contribution < 1.29 is 14.3 Å². The molecular formula is C20H23N5O3. The summed E-state index contributed by atoms with van der Waals surface area (Å²) in [7, 11) is 3.13. The van der Waals surface area contributed by atoms with E-state index in [9.17, 15) is 4.79 Å². The molecule has 0 aliphatic rings. The van der Waals surface area contributed by atoms with Crippen LogP contribution in [0.15, 0.2) is 42.5 Å². The second-order valence-corrected chi connectivity index (χ2v) is 6.54. The maximum absolute atomic E-state index is 12.3. The van der Waals surface area contributed by atoms with Crippen LogP contribution in [0.3, 0.4) is 0 Å². The highest BCUT2D eigenvalue weighted by molar-refractivity contribution is 5.90. The lowest BCUT2D eigenvalue weighted by Crippen LogP contribution is -2.20. The molecule has 2 aromatic carbocycles. The molecule has 0 bridgehead atoms. The van der Waals surface area contributed by atoms with Crippen molar-refractivity contribution in [2.45, 2.75) is 26.3 Å². The van der Waals surface area contributed by atoms with E-state index in [2.05, 4.69) is 34.6 Å². The fraction of sp³-hybridized carbons (Fsp3) is 0.300. The molecule has 8 nitrogen and oxygen atoms in total. The van der Waals surface area contributed by atoms with Gasteiger partial charge < -0.3 is 14.8 Å². The molecule has 146 valence electrons. The molecule has 0 atom stereocenters. The fourth-order valence-corrected chi connectivity index (χ4v) is 2.71. The molecular weight excluding hydrogens is 358 g/mol. The van der Waals surface area contributed by atoms with Crippen LogP contribution in [0, 0.1) is 0 Å². The summed E-state index contributed by atoms with van der Waals surface area (Å²) in [4.78, 5) is 13.6. The maximum Gasteiger partial charge on any atom is 0.248 e. The van der Waals surface area contributed by atoms with Crippen LogP contribution >= 0.6 is 0 Å². The van der Waals surface area contributed by atoms with E-state index in [0.29, 0.717) is 28.8 Å². The molecule has 0 saturated carbocycles. The number of nitrogens with zero attached hydrogens (tertiary/aromatic N) is 4. The van der Waals surface area contributed by atoms with Crippen LogP contribution in [0.4, 0.5) is 5.69 Å². The van der Waals surface area contributed by atoms with Crippen LogP contribution in [-0.2, 0) is 11.3 Å². The molecule has 1 N–H and O–H groups in total. The molecule has 1 amide bonds. The molecule has 8 heteroatoms. The number of hydrogen-bond acceptors (Lipinski definition) is 6. The minimum Gasteiger partial charge on any atom is -0.493 e. The Labute approximate surface area is 163 Å². The third kappa shape index (κ3) is 4.46. The van der Waals surface area contributed by atoms with Crippen molar-refractivity contribution in [1.29, 1.82) is 0 Å². The smallest absolute Gasteiger partial charge is 0.248 e. The van der Waals surface area contributed by atoms with Gasteiger partial charge in [-0.15, -0.1) is 10.2 Å². The molecule has 0 radical (unpaired) electrons. The predicted octanol–water partition coefficient (Wildman–Crippen LogP) is 3.12. The van der Waals surface area contributed by atoms with Crippen LogP contribution in [0.25, 0.3) is 11.4 Å². The van der Waals surface area contributed by atoms with Crippen molar-refractivity contribution in [2.24, 2.45) is 0 Å². The van der Waals surface area contributed by atoms with E-state index in [1.807, 2.05) is 24.3 Å². The van der Waals surface area contributed by atoms with Crippen LogP contribution in [-0.4, -0.2) is 40.3 Å². The normalized spacial score (nSPS) is 10.8. The van der Waals surface area contributed by atoms with E-state index in [1.54, 1.807) is 32.4 Å². The summed E-state index contributed by atoms with van der Waals surface area (Å²) in [6, 6.07) is 13.1. The van der Waals surface area contributed by atoms with Gasteiger partial charge in [0.05, 0.1) is 14.2 Å². The number of amides is 1. The van der Waals surface area contributed by atoms with Crippen LogP contribution < -0.4 is 14.8 Å². The molecule has 1 heterocycles. The lowest BCUT2D eigenvalue weighted by molar-refractivity contribution is -0.117. The largest absolute Gasteiger partial charge is 0.493 e. The summed E-state index contributed by atoms with van der Waals surface area (Å²) in [5.74, 6) is 1.74. The lowest BCUT2D eigenvalue weighted by Gasteiger charge is -2.09. The maximum atomic E-state index is 12.3. The number of ether oxygens (including phenoxy) is 2. The van der Waals surface area contributed by atoms with E-state index >= 15 is 0 Å². The van der Waals surface area contributed by atoms with Gasteiger partial charge in [0.1, 0.15) is 6.54 Å². The first-order valence-electron chi connectivity index (χ1n) is 8.90. The molecule has 1 aromatic heterocycles. The topological polar surface area (TPSA) is 91.2 Å². The average molecular weight is 381 g/mol. The summed E-state index contributed by atoms with van der Waals surface area (Å²) >= 11 is 0. The molecule has 3 rings (SSSR count). The van der Waals surface area contributed by atoms with Gasteiger partial charge in [-0.25, -0.2) is 0 Å². The number of aromatic nitrogens is 4. The number of methoxy groups -OCH3 is 2. The number of nitrogens with one attached hydrogen (secondary N) is 1. The van der Waals surface area contributed by atoms with Crippen molar-refractivity contribution in [3.05, 3.63) is 48.0 Å². The third-order valence-corrected chi connectivity index (χ3v) is 4.22. The molecule has 0 aliphatic heterocycles. The van der Waals surface area contributed by atoms with Crippen molar-refractivity contribution in [3.8, 4) is 22.9 Å². The first-order valence-corrected chi connectivity index (χ1v) is 8.90. The van der Waals surface area contributed by atoms with Gasteiger partial charge in [0.15, 0.2) is 11.5 Å². The van der Waals surface area contributed by atoms with E-state index in [-0.39, 0.29) is 12.5 Å². The van der Waals surface area contributed by atoms with Gasteiger partial charge in [-0.1, -0.05) is 26.0 Å². The van der Waals surface area contributed by atoms with Crippen LogP contribution in [0.2, 0.25) is 0 Å². The zero-order chi connectivity index (χ0) is 20.1. The Bertz CT molecular complexity index is 968. The quantitative estimate of drug-likeness (QED) is 0.676. The third-order valence-electron chi connectivity index (χ3n) is 4.22. The average Bonchev–Trinajstić information content (AvgIpc) is 3.15. The van der Waals surface area contributed by atoms with Gasteiger partial charge in [0, 0.05) is 11.3 Å². The van der Waals surface area contributed by atoms with E-state index < -0.39 is 0 Å². The predicted molar refractivity (Wildman–Crippen MR) is 106 cm³/mol. The molecule has 0 saturated heterocycles. The number of carbonyl (C=O) groups is 1. The molecule has 0 aliphatic carbocycles. The van der Waals surface area contributed by atoms with Gasteiger partial charge >= 0.3 is 0 Å². The highest BCUT2D eigenvalue weighted by Crippen LogP contribution is 2.30. The number of carbonyl (C=O) groups excluding carboxylic acids is 1. The van der Waals surface area contributed by atoms with Gasteiger partial charge in [-0.3, -0.25) is 4.79 Å². The lowest BCUT2D eigenvalue weighted by atomic mass is 10.0. The van der Waals surface area contributed by atoms with E-state index in [4.69, 9.17) is 9.47 Å². The summed E-state index contributed by atoms with van der Waals surface area (Å²) < 4.78 is 10.5. The Hall–Kier alpha value is -3.42. The molecule has 0 unspecified atom stereocenters. The van der Waals surface area contributed by atoms with Crippen LogP contribution in [0.5, 0.6) is 11.5 Å². The first-order chi connectivity index (χ1) is 13.5. The summed E-state index contributed by atoms with van der Waals surface area (Å²) in [5.41, 5.74) is 2.62.